The van der Waals surface area contributed by atoms with Gasteiger partial charge in [-0.25, -0.2) is 4.39 Å². The van der Waals surface area contributed by atoms with E-state index in [0.717, 1.165) is 39.3 Å². The van der Waals surface area contributed by atoms with Gasteiger partial charge in [0.2, 0.25) is 0 Å². The van der Waals surface area contributed by atoms with Gasteiger partial charge in [-0.3, -0.25) is 0 Å². The van der Waals surface area contributed by atoms with Crippen LogP contribution in [0, 0.1) is 26.6 Å². The molecule has 0 fully saturated rings. The van der Waals surface area contributed by atoms with Gasteiger partial charge in [0.1, 0.15) is 5.82 Å². The molecule has 0 saturated heterocycles. The van der Waals surface area contributed by atoms with Gasteiger partial charge in [0.25, 0.3) is 0 Å². The van der Waals surface area contributed by atoms with Crippen molar-refractivity contribution in [2.24, 2.45) is 0 Å². The normalized spacial score (nSPS) is 12.1. The van der Waals surface area contributed by atoms with Crippen molar-refractivity contribution in [3.8, 4) is 0 Å². The molecule has 0 radical (unpaired) electrons. The van der Waals surface area contributed by atoms with Crippen molar-refractivity contribution in [1.82, 2.24) is 10.2 Å². The number of nitrogens with one attached hydrogen (secondary N) is 1. The molecule has 0 spiro atoms. The van der Waals surface area contributed by atoms with Crippen LogP contribution in [-0.2, 0) is 0 Å². The number of benzene rings is 1. The zero-order valence-corrected chi connectivity index (χ0v) is 13.8. The minimum absolute atomic E-state index is 0.0173. The number of anilines is 1. The maximum absolute atomic E-state index is 13.2. The highest BCUT2D eigenvalue weighted by molar-refractivity contribution is 5.64. The summed E-state index contributed by atoms with van der Waals surface area (Å²) in [6.45, 7) is 13.8. The third kappa shape index (κ3) is 3.16. The third-order valence-electron chi connectivity index (χ3n) is 3.98. The molecule has 0 aliphatic carbocycles. The predicted octanol–water partition coefficient (Wildman–Crippen LogP) is 4.75. The second-order valence-electron chi connectivity index (χ2n) is 5.79. The lowest BCUT2D eigenvalue weighted by molar-refractivity contribution is 0.624. The average Bonchev–Trinajstić information content (AvgIpc) is 2.43. The lowest BCUT2D eigenvalue weighted by Crippen LogP contribution is -2.13. The Bertz CT molecular complexity index is 723. The first kappa shape index (κ1) is 16.1. The summed E-state index contributed by atoms with van der Waals surface area (Å²) in [5, 5.41) is 11.9. The molecule has 1 aromatic heterocycles. The summed E-state index contributed by atoms with van der Waals surface area (Å²) in [5.74, 6) is 0.532. The Balaban J connectivity index is 2.31. The third-order valence-corrected chi connectivity index (χ3v) is 3.98. The largest absolute Gasteiger partial charge is 0.362 e. The standard InChI is InChI=1S/C18H22FN3/c1-10(2)17-12(4)13(5)18(22-21-17)20-14(6)16-8-7-15(19)9-11(16)3/h7-9,14H,1H2,2-6H3,(H,20,22)/t14-/m0/s1. The molecule has 2 rings (SSSR count). The Morgan fingerprint density at radius 2 is 1.86 bits per heavy atom. The van der Waals surface area contributed by atoms with E-state index in [4.69, 9.17) is 0 Å². The molecule has 0 amide bonds. The van der Waals surface area contributed by atoms with Crippen molar-refractivity contribution in [3.05, 3.63) is 58.5 Å². The van der Waals surface area contributed by atoms with E-state index < -0.39 is 0 Å². The highest BCUT2D eigenvalue weighted by Crippen LogP contribution is 2.26. The fraction of sp³-hybridized carbons (Fsp3) is 0.333. The number of allylic oxidation sites excluding steroid dienone is 1. The predicted molar refractivity (Wildman–Crippen MR) is 89.4 cm³/mol. The van der Waals surface area contributed by atoms with Crippen molar-refractivity contribution >= 4 is 11.4 Å². The second-order valence-corrected chi connectivity index (χ2v) is 5.79. The lowest BCUT2D eigenvalue weighted by Gasteiger charge is -2.19. The molecule has 0 aliphatic heterocycles. The monoisotopic (exact) mass is 299 g/mol. The summed E-state index contributed by atoms with van der Waals surface area (Å²) in [6.07, 6.45) is 0. The van der Waals surface area contributed by atoms with Crippen LogP contribution in [0.4, 0.5) is 10.2 Å². The molecule has 1 aromatic carbocycles. The Labute approximate surface area is 131 Å². The number of halogens is 1. The number of aryl methyl sites for hydroxylation is 1. The zero-order chi connectivity index (χ0) is 16.4. The summed E-state index contributed by atoms with van der Waals surface area (Å²) in [5.41, 5.74) is 5.84. The number of rotatable bonds is 4. The summed E-state index contributed by atoms with van der Waals surface area (Å²) in [6, 6.07) is 4.85. The number of nitrogens with zero attached hydrogens (tertiary/aromatic N) is 2. The molecule has 0 saturated carbocycles. The first-order valence-corrected chi connectivity index (χ1v) is 7.33. The molecule has 1 N–H and O–H groups in total. The molecule has 0 bridgehead atoms. The summed E-state index contributed by atoms with van der Waals surface area (Å²) < 4.78 is 13.2. The fourth-order valence-corrected chi connectivity index (χ4v) is 2.56. The van der Waals surface area contributed by atoms with E-state index in [9.17, 15) is 4.39 Å². The number of hydrogen-bond donors (Lipinski definition) is 1. The van der Waals surface area contributed by atoms with Crippen LogP contribution in [0.5, 0.6) is 0 Å². The van der Waals surface area contributed by atoms with Crippen LogP contribution in [0.2, 0.25) is 0 Å². The molecule has 22 heavy (non-hydrogen) atoms. The number of hydrogen-bond acceptors (Lipinski definition) is 3. The fourth-order valence-electron chi connectivity index (χ4n) is 2.56. The lowest BCUT2D eigenvalue weighted by atomic mass is 10.0. The van der Waals surface area contributed by atoms with E-state index >= 15 is 0 Å². The smallest absolute Gasteiger partial charge is 0.152 e. The van der Waals surface area contributed by atoms with Gasteiger partial charge in [-0.2, -0.15) is 0 Å². The van der Waals surface area contributed by atoms with E-state index in [1.165, 1.54) is 6.07 Å². The Morgan fingerprint density at radius 3 is 2.45 bits per heavy atom. The molecule has 2 aromatic rings. The molecule has 1 atom stereocenters. The molecule has 3 nitrogen and oxygen atoms in total. The van der Waals surface area contributed by atoms with Crippen LogP contribution in [0.15, 0.2) is 24.8 Å². The molecule has 4 heteroatoms. The SMILES string of the molecule is C=C(C)c1nnc(N[C@@H](C)c2ccc(F)cc2C)c(C)c1C. The minimum Gasteiger partial charge on any atom is -0.362 e. The van der Waals surface area contributed by atoms with Gasteiger partial charge in [0.05, 0.1) is 11.7 Å². The van der Waals surface area contributed by atoms with Crippen molar-refractivity contribution < 1.29 is 4.39 Å². The van der Waals surface area contributed by atoms with Crippen molar-refractivity contribution in [2.45, 2.75) is 40.7 Å². The Hall–Kier alpha value is -2.23. The van der Waals surface area contributed by atoms with E-state index in [0.29, 0.717) is 0 Å². The summed E-state index contributed by atoms with van der Waals surface area (Å²) >= 11 is 0. The summed E-state index contributed by atoms with van der Waals surface area (Å²) in [4.78, 5) is 0. The van der Waals surface area contributed by atoms with E-state index in [1.54, 1.807) is 12.1 Å². The molecule has 116 valence electrons. The van der Waals surface area contributed by atoms with Crippen LogP contribution in [0.25, 0.3) is 5.57 Å². The maximum Gasteiger partial charge on any atom is 0.152 e. The van der Waals surface area contributed by atoms with Crippen molar-refractivity contribution in [1.29, 1.82) is 0 Å². The van der Waals surface area contributed by atoms with Crippen LogP contribution in [0.3, 0.4) is 0 Å². The maximum atomic E-state index is 13.2. The van der Waals surface area contributed by atoms with Gasteiger partial charge in [0.15, 0.2) is 5.82 Å². The quantitative estimate of drug-likeness (QED) is 0.885. The highest BCUT2D eigenvalue weighted by atomic mass is 19.1. The van der Waals surface area contributed by atoms with Crippen molar-refractivity contribution in [3.63, 3.8) is 0 Å². The van der Waals surface area contributed by atoms with Gasteiger partial charge in [-0.1, -0.05) is 12.6 Å². The second kappa shape index (κ2) is 6.26. The van der Waals surface area contributed by atoms with Crippen molar-refractivity contribution in [2.75, 3.05) is 5.32 Å². The molecule has 0 unspecified atom stereocenters. The van der Waals surface area contributed by atoms with Gasteiger partial charge in [-0.15, -0.1) is 10.2 Å². The van der Waals surface area contributed by atoms with Gasteiger partial charge in [-0.05, 0) is 74.6 Å². The average molecular weight is 299 g/mol. The Kier molecular flexibility index (Phi) is 4.59. The molecular formula is C18H22FN3. The van der Waals surface area contributed by atoms with E-state index in [1.807, 2.05) is 34.6 Å². The summed E-state index contributed by atoms with van der Waals surface area (Å²) in [7, 11) is 0. The molecule has 1 heterocycles. The van der Waals surface area contributed by atoms with Crippen LogP contribution >= 0.6 is 0 Å². The first-order valence-electron chi connectivity index (χ1n) is 7.33. The highest BCUT2D eigenvalue weighted by Gasteiger charge is 2.14. The molecule has 0 aliphatic rings. The van der Waals surface area contributed by atoms with Crippen LogP contribution in [0.1, 0.15) is 47.8 Å². The minimum atomic E-state index is -0.217. The number of aromatic nitrogens is 2. The van der Waals surface area contributed by atoms with E-state index in [-0.39, 0.29) is 11.9 Å². The van der Waals surface area contributed by atoms with E-state index in [2.05, 4.69) is 22.1 Å². The van der Waals surface area contributed by atoms with Crippen LogP contribution in [-0.4, -0.2) is 10.2 Å². The zero-order valence-electron chi connectivity index (χ0n) is 13.8. The molecular weight excluding hydrogens is 277 g/mol. The van der Waals surface area contributed by atoms with Crippen LogP contribution < -0.4 is 5.32 Å². The Morgan fingerprint density at radius 1 is 1.18 bits per heavy atom. The first-order chi connectivity index (χ1) is 10.3. The topological polar surface area (TPSA) is 37.8 Å². The van der Waals surface area contributed by atoms with Gasteiger partial charge in [0, 0.05) is 0 Å². The van der Waals surface area contributed by atoms with Gasteiger partial charge < -0.3 is 5.32 Å². The van der Waals surface area contributed by atoms with Gasteiger partial charge >= 0.3 is 0 Å².